The topological polar surface area (TPSA) is 70.3 Å². The predicted octanol–water partition coefficient (Wildman–Crippen LogP) is 5.41. The van der Waals surface area contributed by atoms with E-state index in [2.05, 4.69) is 24.8 Å². The van der Waals surface area contributed by atoms with E-state index in [4.69, 9.17) is 11.1 Å². The smallest absolute Gasteiger partial charge is 0.406 e. The highest BCUT2D eigenvalue weighted by atomic mass is 19.4. The van der Waals surface area contributed by atoms with Gasteiger partial charge in [0, 0.05) is 11.3 Å². The first-order valence-electron chi connectivity index (χ1n) is 9.02. The Morgan fingerprint density at radius 3 is 2.45 bits per heavy atom. The first kappa shape index (κ1) is 20.2. The largest absolute Gasteiger partial charge is 0.573 e. The first-order valence-corrected chi connectivity index (χ1v) is 9.02. The van der Waals surface area contributed by atoms with E-state index in [-0.39, 0.29) is 17.5 Å². The van der Waals surface area contributed by atoms with Gasteiger partial charge in [-0.2, -0.15) is 10.1 Å². The van der Waals surface area contributed by atoms with Crippen LogP contribution in [0.25, 0.3) is 27.8 Å². The monoisotopic (exact) mass is 425 g/mol. The van der Waals surface area contributed by atoms with Gasteiger partial charge in [-0.05, 0) is 42.8 Å². The molecule has 4 rings (SSSR count). The van der Waals surface area contributed by atoms with Gasteiger partial charge in [0.25, 0.3) is 5.89 Å². The fourth-order valence-corrected chi connectivity index (χ4v) is 2.87. The summed E-state index contributed by atoms with van der Waals surface area (Å²) in [5.74, 6) is 0.0742. The van der Waals surface area contributed by atoms with Crippen molar-refractivity contribution in [3.05, 3.63) is 77.3 Å². The molecule has 0 saturated heterocycles. The van der Waals surface area contributed by atoms with Crippen LogP contribution in [0.3, 0.4) is 0 Å². The molecule has 31 heavy (non-hydrogen) atoms. The number of hydrogen-bond acceptors (Lipinski definition) is 5. The Bertz CT molecular complexity index is 1240. The molecule has 0 aliphatic heterocycles. The first-order chi connectivity index (χ1) is 14.8. The van der Waals surface area contributed by atoms with Crippen molar-refractivity contribution >= 4 is 5.69 Å². The van der Waals surface area contributed by atoms with Crippen molar-refractivity contribution in [2.24, 2.45) is 0 Å². The second kappa shape index (κ2) is 7.95. The summed E-state index contributed by atoms with van der Waals surface area (Å²) >= 11 is 0. The highest BCUT2D eigenvalue weighted by Crippen LogP contribution is 2.27. The Kier molecular flexibility index (Phi) is 5.17. The molecule has 156 valence electrons. The fourth-order valence-electron chi connectivity index (χ4n) is 2.87. The summed E-state index contributed by atoms with van der Waals surface area (Å²) < 4.78 is 47.7. The molecule has 0 saturated carbocycles. The zero-order valence-electron chi connectivity index (χ0n) is 16.1. The quantitative estimate of drug-likeness (QED) is 0.400. The van der Waals surface area contributed by atoms with Crippen molar-refractivity contribution < 1.29 is 22.4 Å². The number of halogens is 3. The Hall–Kier alpha value is -4.13. The lowest BCUT2D eigenvalue weighted by Crippen LogP contribution is -2.16. The molecule has 0 atom stereocenters. The number of nitrogens with zero attached hydrogens (tertiary/aromatic N) is 5. The maximum Gasteiger partial charge on any atom is 0.573 e. The van der Waals surface area contributed by atoms with Crippen LogP contribution in [0.4, 0.5) is 18.9 Å². The summed E-state index contributed by atoms with van der Waals surface area (Å²) in [5, 5.41) is 8.38. The molecule has 0 radical (unpaired) electrons. The van der Waals surface area contributed by atoms with Gasteiger partial charge in [0.1, 0.15) is 5.75 Å². The molecule has 0 fully saturated rings. The Morgan fingerprint density at radius 2 is 1.81 bits per heavy atom. The van der Waals surface area contributed by atoms with E-state index >= 15 is 0 Å². The average Bonchev–Trinajstić information content (AvgIpc) is 3.35. The van der Waals surface area contributed by atoms with Crippen LogP contribution < -0.4 is 4.74 Å². The van der Waals surface area contributed by atoms with Gasteiger partial charge in [-0.15, -0.1) is 13.2 Å². The van der Waals surface area contributed by atoms with Crippen LogP contribution in [0.5, 0.6) is 5.75 Å². The second-order valence-corrected chi connectivity index (χ2v) is 6.60. The van der Waals surface area contributed by atoms with Crippen molar-refractivity contribution in [1.29, 1.82) is 0 Å². The summed E-state index contributed by atoms with van der Waals surface area (Å²) in [6, 6.07) is 14.2. The standard InChI is InChI=1S/C21H14F3N5O2/c1-13-11-18(27-29(13)12-14-3-7-16(25-2)8-4-14)20-26-19(28-31-20)15-5-9-17(10-6-15)30-21(22,23)24/h3-11H,12H2,1H3. The van der Waals surface area contributed by atoms with Crippen LogP contribution in [-0.4, -0.2) is 26.3 Å². The minimum atomic E-state index is -4.75. The maximum absolute atomic E-state index is 12.3. The molecular weight excluding hydrogens is 411 g/mol. The van der Waals surface area contributed by atoms with Crippen LogP contribution in [0, 0.1) is 13.5 Å². The predicted molar refractivity (Wildman–Crippen MR) is 104 cm³/mol. The molecule has 10 heteroatoms. The van der Waals surface area contributed by atoms with E-state index in [9.17, 15) is 13.2 Å². The van der Waals surface area contributed by atoms with Crippen molar-refractivity contribution in [2.45, 2.75) is 19.8 Å². The highest BCUT2D eigenvalue weighted by Gasteiger charge is 2.31. The van der Waals surface area contributed by atoms with Crippen molar-refractivity contribution in [3.63, 3.8) is 0 Å². The van der Waals surface area contributed by atoms with Crippen molar-refractivity contribution in [2.75, 3.05) is 0 Å². The lowest BCUT2D eigenvalue weighted by molar-refractivity contribution is -0.274. The Balaban J connectivity index is 1.51. The minimum Gasteiger partial charge on any atom is -0.406 e. The van der Waals surface area contributed by atoms with E-state index in [0.29, 0.717) is 23.5 Å². The molecule has 2 aromatic heterocycles. The summed E-state index contributed by atoms with van der Waals surface area (Å²) in [6.07, 6.45) is -4.75. The lowest BCUT2D eigenvalue weighted by atomic mass is 10.2. The van der Waals surface area contributed by atoms with Crippen molar-refractivity contribution in [3.8, 4) is 28.7 Å². The SMILES string of the molecule is [C-]#[N+]c1ccc(Cn2nc(-c3nc(-c4ccc(OC(F)(F)F)cc4)no3)cc2C)cc1. The van der Waals surface area contributed by atoms with Gasteiger partial charge < -0.3 is 9.26 Å². The van der Waals surface area contributed by atoms with Gasteiger partial charge >= 0.3 is 6.36 Å². The molecule has 2 aromatic carbocycles. The molecule has 0 N–H and O–H groups in total. The number of alkyl halides is 3. The van der Waals surface area contributed by atoms with Crippen LogP contribution in [0.2, 0.25) is 0 Å². The summed E-state index contributed by atoms with van der Waals surface area (Å²) in [5.41, 5.74) is 3.37. The number of ether oxygens (including phenoxy) is 1. The molecule has 0 amide bonds. The molecule has 0 unspecified atom stereocenters. The van der Waals surface area contributed by atoms with Crippen LogP contribution in [-0.2, 0) is 6.54 Å². The molecule has 2 heterocycles. The third-order valence-corrected chi connectivity index (χ3v) is 4.37. The van der Waals surface area contributed by atoms with Crippen LogP contribution in [0.1, 0.15) is 11.3 Å². The van der Waals surface area contributed by atoms with Crippen LogP contribution >= 0.6 is 0 Å². The van der Waals surface area contributed by atoms with E-state index in [1.54, 1.807) is 22.9 Å². The number of aryl methyl sites for hydroxylation is 1. The highest BCUT2D eigenvalue weighted by molar-refractivity contribution is 5.59. The lowest BCUT2D eigenvalue weighted by Gasteiger charge is -2.08. The van der Waals surface area contributed by atoms with E-state index in [1.165, 1.54) is 24.3 Å². The fraction of sp³-hybridized carbons (Fsp3) is 0.143. The van der Waals surface area contributed by atoms with E-state index in [0.717, 1.165) is 11.3 Å². The normalized spacial score (nSPS) is 11.3. The Labute approximate surface area is 174 Å². The molecule has 0 aliphatic rings. The molecule has 7 nitrogen and oxygen atoms in total. The van der Waals surface area contributed by atoms with E-state index in [1.807, 2.05) is 19.1 Å². The number of rotatable bonds is 5. The maximum atomic E-state index is 12.3. The molecular formula is C21H14F3N5O2. The van der Waals surface area contributed by atoms with Gasteiger partial charge in [0.05, 0.1) is 13.1 Å². The molecule has 0 bridgehead atoms. The zero-order chi connectivity index (χ0) is 22.0. The third kappa shape index (κ3) is 4.72. The summed E-state index contributed by atoms with van der Waals surface area (Å²) in [7, 11) is 0. The zero-order valence-corrected chi connectivity index (χ0v) is 16.1. The van der Waals surface area contributed by atoms with Gasteiger partial charge in [-0.3, -0.25) is 4.68 Å². The minimum absolute atomic E-state index is 0.191. The Morgan fingerprint density at radius 1 is 1.10 bits per heavy atom. The van der Waals surface area contributed by atoms with Gasteiger partial charge in [-0.1, -0.05) is 29.4 Å². The molecule has 0 aliphatic carbocycles. The third-order valence-electron chi connectivity index (χ3n) is 4.37. The van der Waals surface area contributed by atoms with Crippen molar-refractivity contribution in [1.82, 2.24) is 19.9 Å². The van der Waals surface area contributed by atoms with Crippen LogP contribution in [0.15, 0.2) is 59.1 Å². The number of aromatic nitrogens is 4. The van der Waals surface area contributed by atoms with Gasteiger partial charge in [0.2, 0.25) is 5.82 Å². The molecule has 4 aromatic rings. The van der Waals surface area contributed by atoms with E-state index < -0.39 is 6.36 Å². The number of hydrogen-bond donors (Lipinski definition) is 0. The molecule has 0 spiro atoms. The van der Waals surface area contributed by atoms with Gasteiger partial charge in [-0.25, -0.2) is 4.85 Å². The second-order valence-electron chi connectivity index (χ2n) is 6.60. The summed E-state index contributed by atoms with van der Waals surface area (Å²) in [6.45, 7) is 9.41. The number of benzene rings is 2. The average molecular weight is 425 g/mol. The summed E-state index contributed by atoms with van der Waals surface area (Å²) in [4.78, 5) is 7.66. The van der Waals surface area contributed by atoms with Gasteiger partial charge in [0.15, 0.2) is 11.4 Å².